The van der Waals surface area contributed by atoms with Crippen LogP contribution in [0.1, 0.15) is 23.2 Å². The lowest BCUT2D eigenvalue weighted by Gasteiger charge is -2.21. The smallest absolute Gasteiger partial charge is 0.338 e. The molecule has 2 N–H and O–H groups in total. The molecular formula is C13H16FNO3. The third-order valence-electron chi connectivity index (χ3n) is 2.95. The molecule has 1 aliphatic heterocycles. The standard InChI is InChI=1S/C13H16FNO3/c14-11-5-10(6-12(15)7-11)13(16)18-8-9-1-3-17-4-2-9/h5-7,9H,1-4,8,15H2. The molecule has 0 amide bonds. The molecule has 0 atom stereocenters. The fraction of sp³-hybridized carbons (Fsp3) is 0.462. The number of hydrogen-bond acceptors (Lipinski definition) is 4. The number of carbonyl (C=O) groups excluding carboxylic acids is 1. The van der Waals surface area contributed by atoms with Crippen LogP contribution in [0.2, 0.25) is 0 Å². The van der Waals surface area contributed by atoms with Crippen LogP contribution in [0.5, 0.6) is 0 Å². The van der Waals surface area contributed by atoms with Gasteiger partial charge < -0.3 is 15.2 Å². The van der Waals surface area contributed by atoms with Crippen LogP contribution in [0, 0.1) is 11.7 Å². The molecule has 0 aromatic heterocycles. The Hall–Kier alpha value is -1.62. The molecule has 5 heteroatoms. The second kappa shape index (κ2) is 5.82. The van der Waals surface area contributed by atoms with Crippen LogP contribution in [0.15, 0.2) is 18.2 Å². The van der Waals surface area contributed by atoms with Crippen molar-refractivity contribution in [2.45, 2.75) is 12.8 Å². The molecule has 0 unspecified atom stereocenters. The lowest BCUT2D eigenvalue weighted by Crippen LogP contribution is -2.22. The monoisotopic (exact) mass is 253 g/mol. The lowest BCUT2D eigenvalue weighted by atomic mass is 10.0. The first-order valence-electron chi connectivity index (χ1n) is 5.96. The summed E-state index contributed by atoms with van der Waals surface area (Å²) < 4.78 is 23.5. The van der Waals surface area contributed by atoms with Crippen molar-refractivity contribution in [1.82, 2.24) is 0 Å². The summed E-state index contributed by atoms with van der Waals surface area (Å²) in [7, 11) is 0. The Labute approximate surface area is 105 Å². The zero-order chi connectivity index (χ0) is 13.0. The van der Waals surface area contributed by atoms with E-state index in [0.29, 0.717) is 25.7 Å². The Balaban J connectivity index is 1.90. The van der Waals surface area contributed by atoms with Crippen LogP contribution in [0.4, 0.5) is 10.1 Å². The van der Waals surface area contributed by atoms with E-state index in [9.17, 15) is 9.18 Å². The average molecular weight is 253 g/mol. The van der Waals surface area contributed by atoms with Crippen molar-refractivity contribution in [3.63, 3.8) is 0 Å². The summed E-state index contributed by atoms with van der Waals surface area (Å²) in [6.07, 6.45) is 1.77. The van der Waals surface area contributed by atoms with E-state index in [0.717, 1.165) is 25.0 Å². The molecule has 0 aliphatic carbocycles. The molecule has 0 bridgehead atoms. The fourth-order valence-corrected chi connectivity index (χ4v) is 1.92. The van der Waals surface area contributed by atoms with E-state index in [-0.39, 0.29) is 11.3 Å². The van der Waals surface area contributed by atoms with Crippen molar-refractivity contribution in [1.29, 1.82) is 0 Å². The maximum atomic E-state index is 13.1. The molecule has 1 aromatic rings. The highest BCUT2D eigenvalue weighted by Crippen LogP contribution is 2.17. The molecule has 18 heavy (non-hydrogen) atoms. The van der Waals surface area contributed by atoms with Gasteiger partial charge in [0.15, 0.2) is 0 Å². The maximum Gasteiger partial charge on any atom is 0.338 e. The molecule has 1 heterocycles. The van der Waals surface area contributed by atoms with E-state index in [4.69, 9.17) is 15.2 Å². The van der Waals surface area contributed by atoms with Crippen molar-refractivity contribution >= 4 is 11.7 Å². The number of carbonyl (C=O) groups is 1. The minimum absolute atomic E-state index is 0.152. The Bertz CT molecular complexity index is 410. The van der Waals surface area contributed by atoms with Crippen LogP contribution in [-0.2, 0) is 9.47 Å². The minimum atomic E-state index is -0.535. The quantitative estimate of drug-likeness (QED) is 0.661. The van der Waals surface area contributed by atoms with Gasteiger partial charge in [-0.3, -0.25) is 0 Å². The number of rotatable bonds is 3. The SMILES string of the molecule is Nc1cc(F)cc(C(=O)OCC2CCOCC2)c1. The average Bonchev–Trinajstić information content (AvgIpc) is 2.36. The van der Waals surface area contributed by atoms with Crippen molar-refractivity contribution in [3.05, 3.63) is 29.6 Å². The predicted octanol–water partition coefficient (Wildman–Crippen LogP) is 1.99. The van der Waals surface area contributed by atoms with Crippen molar-refractivity contribution < 1.29 is 18.7 Å². The van der Waals surface area contributed by atoms with Crippen molar-refractivity contribution in [2.24, 2.45) is 5.92 Å². The second-order valence-electron chi connectivity index (χ2n) is 4.43. The Kier molecular flexibility index (Phi) is 4.15. The van der Waals surface area contributed by atoms with Crippen molar-refractivity contribution in [2.75, 3.05) is 25.6 Å². The van der Waals surface area contributed by atoms with Crippen molar-refractivity contribution in [3.8, 4) is 0 Å². The van der Waals surface area contributed by atoms with Gasteiger partial charge in [-0.15, -0.1) is 0 Å². The maximum absolute atomic E-state index is 13.1. The van der Waals surface area contributed by atoms with Gasteiger partial charge in [-0.25, -0.2) is 9.18 Å². The van der Waals surface area contributed by atoms with Crippen LogP contribution < -0.4 is 5.73 Å². The Morgan fingerprint density at radius 3 is 2.78 bits per heavy atom. The largest absolute Gasteiger partial charge is 0.462 e. The first-order chi connectivity index (χ1) is 8.65. The molecule has 98 valence electrons. The predicted molar refractivity (Wildman–Crippen MR) is 64.6 cm³/mol. The summed E-state index contributed by atoms with van der Waals surface area (Å²) >= 11 is 0. The Morgan fingerprint density at radius 1 is 1.39 bits per heavy atom. The second-order valence-corrected chi connectivity index (χ2v) is 4.43. The highest BCUT2D eigenvalue weighted by molar-refractivity contribution is 5.90. The molecule has 1 saturated heterocycles. The van der Waals surface area contributed by atoms with E-state index >= 15 is 0 Å². The van der Waals surface area contributed by atoms with Gasteiger partial charge in [0.25, 0.3) is 0 Å². The first kappa shape index (κ1) is 12.8. The zero-order valence-corrected chi connectivity index (χ0v) is 10.0. The molecule has 2 rings (SSSR count). The van der Waals surface area contributed by atoms with Gasteiger partial charge in [-0.1, -0.05) is 0 Å². The van der Waals surface area contributed by atoms with Crippen LogP contribution in [-0.4, -0.2) is 25.8 Å². The van der Waals surface area contributed by atoms with Gasteiger partial charge in [-0.2, -0.15) is 0 Å². The molecule has 0 radical (unpaired) electrons. The van der Waals surface area contributed by atoms with Crippen LogP contribution >= 0.6 is 0 Å². The molecule has 1 aromatic carbocycles. The van der Waals surface area contributed by atoms with Crippen LogP contribution in [0.3, 0.4) is 0 Å². The number of benzene rings is 1. The summed E-state index contributed by atoms with van der Waals surface area (Å²) in [6, 6.07) is 3.70. The number of nitrogen functional groups attached to an aromatic ring is 1. The number of nitrogens with two attached hydrogens (primary N) is 1. The van der Waals surface area contributed by atoms with Gasteiger partial charge in [0.1, 0.15) is 5.82 Å². The third-order valence-corrected chi connectivity index (χ3v) is 2.95. The molecular weight excluding hydrogens is 237 g/mol. The first-order valence-corrected chi connectivity index (χ1v) is 5.96. The van der Waals surface area contributed by atoms with Gasteiger partial charge in [-0.05, 0) is 37.0 Å². The van der Waals surface area contributed by atoms with Gasteiger partial charge in [0.2, 0.25) is 0 Å². The topological polar surface area (TPSA) is 61.6 Å². The molecule has 1 fully saturated rings. The lowest BCUT2D eigenvalue weighted by molar-refractivity contribution is 0.0185. The summed E-state index contributed by atoms with van der Waals surface area (Å²) in [5.41, 5.74) is 5.84. The molecule has 1 aliphatic rings. The normalized spacial score (nSPS) is 16.5. The van der Waals surface area contributed by atoms with E-state index in [1.807, 2.05) is 0 Å². The summed E-state index contributed by atoms with van der Waals surface area (Å²) in [6.45, 7) is 1.75. The number of esters is 1. The highest BCUT2D eigenvalue weighted by Gasteiger charge is 2.17. The fourth-order valence-electron chi connectivity index (χ4n) is 1.92. The summed E-state index contributed by atoms with van der Waals surface area (Å²) in [5.74, 6) is -0.741. The zero-order valence-electron chi connectivity index (χ0n) is 10.0. The highest BCUT2D eigenvalue weighted by atomic mass is 19.1. The number of hydrogen-bond donors (Lipinski definition) is 1. The van der Waals surface area contributed by atoms with E-state index in [1.165, 1.54) is 6.07 Å². The van der Waals surface area contributed by atoms with Crippen LogP contribution in [0.25, 0.3) is 0 Å². The molecule has 0 saturated carbocycles. The Morgan fingerprint density at radius 2 is 2.11 bits per heavy atom. The summed E-state index contributed by atoms with van der Waals surface area (Å²) in [4.78, 5) is 11.7. The van der Waals surface area contributed by atoms with Gasteiger partial charge >= 0.3 is 5.97 Å². The van der Waals surface area contributed by atoms with E-state index in [2.05, 4.69) is 0 Å². The summed E-state index contributed by atoms with van der Waals surface area (Å²) in [5, 5.41) is 0. The van der Waals surface area contributed by atoms with E-state index in [1.54, 1.807) is 0 Å². The molecule has 4 nitrogen and oxygen atoms in total. The van der Waals surface area contributed by atoms with Gasteiger partial charge in [0, 0.05) is 18.9 Å². The van der Waals surface area contributed by atoms with E-state index < -0.39 is 11.8 Å². The number of halogens is 1. The molecule has 0 spiro atoms. The minimum Gasteiger partial charge on any atom is -0.462 e. The number of ether oxygens (including phenoxy) is 2. The number of anilines is 1. The van der Waals surface area contributed by atoms with Gasteiger partial charge in [0.05, 0.1) is 12.2 Å². The third kappa shape index (κ3) is 3.43.